The zero-order valence-electron chi connectivity index (χ0n) is 10.8. The molecule has 0 bridgehead atoms. The molecule has 1 aromatic carbocycles. The van der Waals surface area contributed by atoms with Crippen LogP contribution >= 0.6 is 0 Å². The number of methoxy groups -OCH3 is 1. The van der Waals surface area contributed by atoms with Gasteiger partial charge in [-0.1, -0.05) is 12.1 Å². The van der Waals surface area contributed by atoms with Gasteiger partial charge in [-0.05, 0) is 24.6 Å². The second kappa shape index (κ2) is 5.11. The van der Waals surface area contributed by atoms with Crippen LogP contribution in [-0.2, 0) is 11.3 Å². The first-order valence-electron chi connectivity index (χ1n) is 5.71. The van der Waals surface area contributed by atoms with Gasteiger partial charge in [-0.25, -0.2) is 9.78 Å². The van der Waals surface area contributed by atoms with Crippen molar-refractivity contribution in [3.05, 3.63) is 41.3 Å². The molecule has 1 aromatic heterocycles. The van der Waals surface area contributed by atoms with Gasteiger partial charge in [0.05, 0.1) is 13.7 Å². The summed E-state index contributed by atoms with van der Waals surface area (Å²) < 4.78 is 6.29. The van der Waals surface area contributed by atoms with E-state index in [2.05, 4.69) is 9.72 Å². The number of aliphatic hydroxyl groups excluding tert-OH is 1. The lowest BCUT2D eigenvalue weighted by Crippen LogP contribution is -2.07. The van der Waals surface area contributed by atoms with Crippen LogP contribution in [0.5, 0.6) is 0 Å². The lowest BCUT2D eigenvalue weighted by atomic mass is 10.2. The molecule has 100 valence electrons. The molecule has 0 unspecified atom stereocenters. The van der Waals surface area contributed by atoms with E-state index in [1.807, 2.05) is 0 Å². The molecule has 19 heavy (non-hydrogen) atoms. The van der Waals surface area contributed by atoms with Gasteiger partial charge in [0.15, 0.2) is 5.69 Å². The number of aromatic nitrogens is 2. The first-order valence-corrected chi connectivity index (χ1v) is 5.71. The molecule has 0 fully saturated rings. The summed E-state index contributed by atoms with van der Waals surface area (Å²) >= 11 is 0. The van der Waals surface area contributed by atoms with Crippen molar-refractivity contribution >= 4 is 11.8 Å². The van der Waals surface area contributed by atoms with Gasteiger partial charge in [0, 0.05) is 5.69 Å². The van der Waals surface area contributed by atoms with E-state index in [0.717, 1.165) is 11.3 Å². The highest BCUT2D eigenvalue weighted by atomic mass is 16.5. The predicted molar refractivity (Wildman–Crippen MR) is 70.0 cm³/mol. The standard InChI is InChI=1S/C13H15N3O3/c1-8-15-11(13(18)19-2)12(14)16(8)10-5-3-9(7-17)4-6-10/h3-6,17H,7,14H2,1-2H3. The number of hydrogen-bond acceptors (Lipinski definition) is 5. The van der Waals surface area contributed by atoms with E-state index in [0.29, 0.717) is 5.82 Å². The number of ether oxygens (including phenoxy) is 1. The van der Waals surface area contributed by atoms with Crippen molar-refractivity contribution in [3.63, 3.8) is 0 Å². The molecule has 2 aromatic rings. The largest absolute Gasteiger partial charge is 0.464 e. The average Bonchev–Trinajstić information content (AvgIpc) is 2.73. The van der Waals surface area contributed by atoms with Crippen LogP contribution in [0.4, 0.5) is 5.82 Å². The highest BCUT2D eigenvalue weighted by molar-refractivity contribution is 5.92. The Labute approximate surface area is 110 Å². The van der Waals surface area contributed by atoms with Crippen LogP contribution < -0.4 is 5.73 Å². The summed E-state index contributed by atoms with van der Waals surface area (Å²) in [6.07, 6.45) is 0. The highest BCUT2D eigenvalue weighted by Crippen LogP contribution is 2.21. The fourth-order valence-electron chi connectivity index (χ4n) is 1.87. The Morgan fingerprint density at radius 3 is 2.58 bits per heavy atom. The predicted octanol–water partition coefficient (Wildman–Crippen LogP) is 1.04. The topological polar surface area (TPSA) is 90.4 Å². The third-order valence-corrected chi connectivity index (χ3v) is 2.84. The maximum absolute atomic E-state index is 11.5. The Bertz CT molecular complexity index is 602. The molecule has 2 rings (SSSR count). The highest BCUT2D eigenvalue weighted by Gasteiger charge is 2.19. The van der Waals surface area contributed by atoms with E-state index in [9.17, 15) is 4.79 Å². The number of benzene rings is 1. The second-order valence-electron chi connectivity index (χ2n) is 4.04. The number of aryl methyl sites for hydroxylation is 1. The summed E-state index contributed by atoms with van der Waals surface area (Å²) in [6, 6.07) is 7.17. The zero-order valence-corrected chi connectivity index (χ0v) is 10.8. The van der Waals surface area contributed by atoms with Crippen molar-refractivity contribution in [3.8, 4) is 5.69 Å². The van der Waals surface area contributed by atoms with Crippen molar-refractivity contribution in [1.29, 1.82) is 0 Å². The third kappa shape index (κ3) is 2.30. The van der Waals surface area contributed by atoms with Crippen LogP contribution in [0, 0.1) is 6.92 Å². The number of rotatable bonds is 3. The lowest BCUT2D eigenvalue weighted by molar-refractivity contribution is 0.0596. The molecule has 0 aliphatic heterocycles. The van der Waals surface area contributed by atoms with Crippen LogP contribution in [-0.4, -0.2) is 27.7 Å². The Morgan fingerprint density at radius 2 is 2.05 bits per heavy atom. The minimum Gasteiger partial charge on any atom is -0.464 e. The molecule has 1 heterocycles. The van der Waals surface area contributed by atoms with Gasteiger partial charge < -0.3 is 15.6 Å². The van der Waals surface area contributed by atoms with Gasteiger partial charge in [0.25, 0.3) is 0 Å². The number of nitrogen functional groups attached to an aromatic ring is 1. The number of hydrogen-bond donors (Lipinski definition) is 2. The summed E-state index contributed by atoms with van der Waals surface area (Å²) in [5, 5.41) is 9.01. The summed E-state index contributed by atoms with van der Waals surface area (Å²) in [7, 11) is 1.28. The van der Waals surface area contributed by atoms with Crippen LogP contribution in [0.25, 0.3) is 5.69 Å². The number of imidazole rings is 1. The Balaban J connectivity index is 2.49. The number of esters is 1. The van der Waals surface area contributed by atoms with Crippen LogP contribution in [0.1, 0.15) is 21.9 Å². The van der Waals surface area contributed by atoms with Crippen molar-refractivity contribution in [1.82, 2.24) is 9.55 Å². The molecular formula is C13H15N3O3. The monoisotopic (exact) mass is 261 g/mol. The Kier molecular flexibility index (Phi) is 3.52. The number of carbonyl (C=O) groups excluding carboxylic acids is 1. The number of anilines is 1. The molecule has 0 aliphatic rings. The molecule has 0 aliphatic carbocycles. The summed E-state index contributed by atoms with van der Waals surface area (Å²) in [6.45, 7) is 1.73. The lowest BCUT2D eigenvalue weighted by Gasteiger charge is -2.08. The van der Waals surface area contributed by atoms with Gasteiger partial charge in [-0.15, -0.1) is 0 Å². The number of carbonyl (C=O) groups is 1. The van der Waals surface area contributed by atoms with E-state index in [4.69, 9.17) is 10.8 Å². The molecule has 6 heteroatoms. The first kappa shape index (κ1) is 13.1. The molecular weight excluding hydrogens is 246 g/mol. The van der Waals surface area contributed by atoms with Gasteiger partial charge in [0.1, 0.15) is 11.6 Å². The Morgan fingerprint density at radius 1 is 1.42 bits per heavy atom. The number of nitrogens with zero attached hydrogens (tertiary/aromatic N) is 2. The fraction of sp³-hybridized carbons (Fsp3) is 0.231. The second-order valence-corrected chi connectivity index (χ2v) is 4.04. The van der Waals surface area contributed by atoms with Crippen LogP contribution in [0.2, 0.25) is 0 Å². The maximum atomic E-state index is 11.5. The maximum Gasteiger partial charge on any atom is 0.360 e. The van der Waals surface area contributed by atoms with Crippen molar-refractivity contribution in [2.75, 3.05) is 12.8 Å². The van der Waals surface area contributed by atoms with Gasteiger partial charge in [0.2, 0.25) is 0 Å². The van der Waals surface area contributed by atoms with Gasteiger partial charge >= 0.3 is 5.97 Å². The van der Waals surface area contributed by atoms with Crippen molar-refractivity contribution in [2.24, 2.45) is 0 Å². The SMILES string of the molecule is COC(=O)c1nc(C)n(-c2ccc(CO)cc2)c1N. The Hall–Kier alpha value is -2.34. The molecule has 0 saturated carbocycles. The summed E-state index contributed by atoms with van der Waals surface area (Å²) in [4.78, 5) is 15.6. The van der Waals surface area contributed by atoms with Gasteiger partial charge in [-0.3, -0.25) is 4.57 Å². The minimum atomic E-state index is -0.564. The minimum absolute atomic E-state index is 0.0217. The number of nitrogens with two attached hydrogens (primary N) is 1. The first-order chi connectivity index (χ1) is 9.08. The molecule has 0 atom stereocenters. The summed E-state index contributed by atoms with van der Waals surface area (Å²) in [5.41, 5.74) is 7.61. The van der Waals surface area contributed by atoms with E-state index in [1.54, 1.807) is 35.8 Å². The third-order valence-electron chi connectivity index (χ3n) is 2.84. The van der Waals surface area contributed by atoms with Gasteiger partial charge in [-0.2, -0.15) is 0 Å². The number of aliphatic hydroxyl groups is 1. The molecule has 6 nitrogen and oxygen atoms in total. The smallest absolute Gasteiger partial charge is 0.360 e. The molecule has 0 spiro atoms. The van der Waals surface area contributed by atoms with E-state index in [1.165, 1.54) is 7.11 Å². The summed E-state index contributed by atoms with van der Waals surface area (Å²) in [5.74, 6) is 0.266. The average molecular weight is 261 g/mol. The van der Waals surface area contributed by atoms with E-state index < -0.39 is 5.97 Å². The molecule has 3 N–H and O–H groups in total. The molecule has 0 radical (unpaired) electrons. The van der Waals surface area contributed by atoms with E-state index in [-0.39, 0.29) is 18.1 Å². The quantitative estimate of drug-likeness (QED) is 0.806. The van der Waals surface area contributed by atoms with Crippen LogP contribution in [0.15, 0.2) is 24.3 Å². The van der Waals surface area contributed by atoms with Crippen molar-refractivity contribution in [2.45, 2.75) is 13.5 Å². The molecule has 0 amide bonds. The normalized spacial score (nSPS) is 10.5. The molecule has 0 saturated heterocycles. The van der Waals surface area contributed by atoms with Crippen molar-refractivity contribution < 1.29 is 14.6 Å². The van der Waals surface area contributed by atoms with E-state index >= 15 is 0 Å². The van der Waals surface area contributed by atoms with Crippen LogP contribution in [0.3, 0.4) is 0 Å². The fourth-order valence-corrected chi connectivity index (χ4v) is 1.87. The zero-order chi connectivity index (χ0) is 14.0.